The molecule has 6 nitrogen and oxygen atoms in total. The van der Waals surface area contributed by atoms with E-state index in [1.807, 2.05) is 6.07 Å². The van der Waals surface area contributed by atoms with E-state index in [9.17, 15) is 14.9 Å². The van der Waals surface area contributed by atoms with Gasteiger partial charge < -0.3 is 5.32 Å². The topological polar surface area (TPSA) is 75.5 Å². The molecule has 0 bridgehead atoms. The quantitative estimate of drug-likeness (QED) is 0.598. The summed E-state index contributed by atoms with van der Waals surface area (Å²) >= 11 is 11.9. The van der Waals surface area contributed by atoms with Gasteiger partial charge in [0.1, 0.15) is 5.69 Å². The molecule has 0 aliphatic heterocycles. The summed E-state index contributed by atoms with van der Waals surface area (Å²) < 4.78 is 0. The Hall–Kier alpha value is -2.15. The average Bonchev–Trinajstić information content (AvgIpc) is 2.52. The van der Waals surface area contributed by atoms with Gasteiger partial charge in [-0.1, -0.05) is 41.4 Å². The number of nitrogens with zero attached hydrogens (tertiary/aromatic N) is 2. The van der Waals surface area contributed by atoms with E-state index in [4.69, 9.17) is 23.2 Å². The number of hydrogen-bond donors (Lipinski definition) is 1. The second kappa shape index (κ2) is 8.29. The number of halogens is 2. The van der Waals surface area contributed by atoms with E-state index in [-0.39, 0.29) is 23.8 Å². The van der Waals surface area contributed by atoms with Crippen molar-refractivity contribution >= 4 is 40.5 Å². The third kappa shape index (κ3) is 5.16. The van der Waals surface area contributed by atoms with Gasteiger partial charge in [0, 0.05) is 12.6 Å². The third-order valence-electron chi connectivity index (χ3n) is 3.56. The van der Waals surface area contributed by atoms with Crippen LogP contribution in [-0.2, 0) is 11.3 Å². The van der Waals surface area contributed by atoms with Crippen LogP contribution in [0, 0.1) is 17.0 Å². The first-order chi connectivity index (χ1) is 11.8. The fraction of sp³-hybridized carbons (Fsp3) is 0.235. The molecule has 0 atom stereocenters. The summed E-state index contributed by atoms with van der Waals surface area (Å²) in [7, 11) is 1.77. The van der Waals surface area contributed by atoms with Crippen LogP contribution < -0.4 is 5.32 Å². The maximum atomic E-state index is 12.2. The zero-order valence-corrected chi connectivity index (χ0v) is 15.3. The number of rotatable bonds is 6. The van der Waals surface area contributed by atoms with Gasteiger partial charge in [0.05, 0.1) is 21.5 Å². The van der Waals surface area contributed by atoms with Crippen LogP contribution in [0.2, 0.25) is 10.0 Å². The molecule has 0 aliphatic carbocycles. The van der Waals surface area contributed by atoms with Gasteiger partial charge in [0.25, 0.3) is 5.69 Å². The molecule has 0 radical (unpaired) electrons. The van der Waals surface area contributed by atoms with E-state index in [0.717, 1.165) is 5.56 Å². The number of carbonyl (C=O) groups excluding carboxylic acids is 1. The van der Waals surface area contributed by atoms with Gasteiger partial charge in [-0.2, -0.15) is 0 Å². The summed E-state index contributed by atoms with van der Waals surface area (Å²) in [5, 5.41) is 14.6. The Morgan fingerprint density at radius 1 is 1.24 bits per heavy atom. The molecule has 1 amide bonds. The van der Waals surface area contributed by atoms with Crippen molar-refractivity contribution in [3.05, 3.63) is 67.7 Å². The third-order valence-corrected chi connectivity index (χ3v) is 4.30. The average molecular weight is 382 g/mol. The van der Waals surface area contributed by atoms with Crippen molar-refractivity contribution in [1.82, 2.24) is 4.90 Å². The second-order valence-corrected chi connectivity index (χ2v) is 6.51. The first-order valence-corrected chi connectivity index (χ1v) is 8.20. The molecule has 0 aromatic heterocycles. The number of benzene rings is 2. The molecular formula is C17H17Cl2N3O3. The highest BCUT2D eigenvalue weighted by Crippen LogP contribution is 2.27. The SMILES string of the molecule is Cc1cccc([N+](=O)[O-])c1NC(=O)CN(C)Cc1ccc(Cl)c(Cl)c1. The summed E-state index contributed by atoms with van der Waals surface area (Å²) in [5.74, 6) is -0.333. The largest absolute Gasteiger partial charge is 0.319 e. The zero-order valence-electron chi connectivity index (χ0n) is 13.8. The standard InChI is InChI=1S/C17H17Cl2N3O3/c1-11-4-3-5-15(22(24)25)17(11)20-16(23)10-21(2)9-12-6-7-13(18)14(19)8-12/h3-8H,9-10H2,1-2H3,(H,20,23). The predicted molar refractivity (Wildman–Crippen MR) is 99.3 cm³/mol. The monoisotopic (exact) mass is 381 g/mol. The van der Waals surface area contributed by atoms with Gasteiger partial charge in [-0.15, -0.1) is 0 Å². The van der Waals surface area contributed by atoms with Crippen molar-refractivity contribution in [3.8, 4) is 0 Å². The number of nitrogens with one attached hydrogen (secondary N) is 1. The smallest absolute Gasteiger partial charge is 0.293 e. The number of amides is 1. The van der Waals surface area contributed by atoms with Gasteiger partial charge in [-0.3, -0.25) is 19.8 Å². The Balaban J connectivity index is 2.03. The number of aryl methyl sites for hydroxylation is 1. The number of anilines is 1. The first-order valence-electron chi connectivity index (χ1n) is 7.44. The van der Waals surface area contributed by atoms with Crippen molar-refractivity contribution in [2.45, 2.75) is 13.5 Å². The van der Waals surface area contributed by atoms with Crippen LogP contribution >= 0.6 is 23.2 Å². The molecule has 0 fully saturated rings. The molecule has 132 valence electrons. The molecule has 0 spiro atoms. The molecule has 25 heavy (non-hydrogen) atoms. The van der Waals surface area contributed by atoms with Crippen LogP contribution in [-0.4, -0.2) is 29.3 Å². The second-order valence-electron chi connectivity index (χ2n) is 5.70. The molecule has 2 aromatic rings. The van der Waals surface area contributed by atoms with E-state index in [0.29, 0.717) is 22.2 Å². The molecule has 2 aromatic carbocycles. The predicted octanol–water partition coefficient (Wildman–Crippen LogP) is 4.28. The highest BCUT2D eigenvalue weighted by atomic mass is 35.5. The lowest BCUT2D eigenvalue weighted by Crippen LogP contribution is -2.30. The van der Waals surface area contributed by atoms with Crippen molar-refractivity contribution in [1.29, 1.82) is 0 Å². The molecule has 1 N–H and O–H groups in total. The van der Waals surface area contributed by atoms with Crippen LogP contribution in [0.4, 0.5) is 11.4 Å². The number of para-hydroxylation sites is 1. The molecule has 0 saturated heterocycles. The summed E-state index contributed by atoms with van der Waals surface area (Å²) in [6.07, 6.45) is 0. The van der Waals surface area contributed by atoms with Gasteiger partial charge in [-0.25, -0.2) is 0 Å². The lowest BCUT2D eigenvalue weighted by molar-refractivity contribution is -0.384. The number of nitro groups is 1. The number of nitro benzene ring substituents is 1. The molecule has 0 heterocycles. The number of hydrogen-bond acceptors (Lipinski definition) is 4. The molecule has 0 saturated carbocycles. The Bertz CT molecular complexity index is 812. The van der Waals surface area contributed by atoms with E-state index >= 15 is 0 Å². The van der Waals surface area contributed by atoms with E-state index in [1.54, 1.807) is 43.1 Å². The number of likely N-dealkylation sites (N-methyl/N-ethyl adjacent to an activating group) is 1. The fourth-order valence-corrected chi connectivity index (χ4v) is 2.72. The van der Waals surface area contributed by atoms with Gasteiger partial charge in [0.2, 0.25) is 5.91 Å². The minimum absolute atomic E-state index is 0.0751. The molecule has 8 heteroatoms. The Morgan fingerprint density at radius 3 is 2.60 bits per heavy atom. The van der Waals surface area contributed by atoms with Gasteiger partial charge in [0.15, 0.2) is 0 Å². The van der Waals surface area contributed by atoms with Crippen molar-refractivity contribution in [2.75, 3.05) is 18.9 Å². The molecular weight excluding hydrogens is 365 g/mol. The summed E-state index contributed by atoms with van der Waals surface area (Å²) in [5.41, 5.74) is 1.64. The lowest BCUT2D eigenvalue weighted by atomic mass is 10.1. The van der Waals surface area contributed by atoms with E-state index in [1.165, 1.54) is 6.07 Å². The van der Waals surface area contributed by atoms with Crippen LogP contribution in [0.5, 0.6) is 0 Å². The van der Waals surface area contributed by atoms with Crippen LogP contribution in [0.15, 0.2) is 36.4 Å². The van der Waals surface area contributed by atoms with E-state index < -0.39 is 4.92 Å². The Labute approximate surface area is 155 Å². The summed E-state index contributed by atoms with van der Waals surface area (Å²) in [6, 6.07) is 9.92. The molecule has 2 rings (SSSR count). The van der Waals surface area contributed by atoms with Crippen molar-refractivity contribution in [3.63, 3.8) is 0 Å². The number of carbonyl (C=O) groups is 1. The fourth-order valence-electron chi connectivity index (χ4n) is 2.40. The molecule has 0 aliphatic rings. The highest BCUT2D eigenvalue weighted by molar-refractivity contribution is 6.42. The minimum atomic E-state index is -0.512. The van der Waals surface area contributed by atoms with Crippen LogP contribution in [0.25, 0.3) is 0 Å². The summed E-state index contributed by atoms with van der Waals surface area (Å²) in [6.45, 7) is 2.27. The summed E-state index contributed by atoms with van der Waals surface area (Å²) in [4.78, 5) is 24.6. The first kappa shape index (κ1) is 19.2. The van der Waals surface area contributed by atoms with Gasteiger partial charge in [-0.05, 0) is 37.2 Å². The Kier molecular flexibility index (Phi) is 6.36. The minimum Gasteiger partial charge on any atom is -0.319 e. The van der Waals surface area contributed by atoms with Crippen LogP contribution in [0.3, 0.4) is 0 Å². The molecule has 0 unspecified atom stereocenters. The van der Waals surface area contributed by atoms with Crippen molar-refractivity contribution in [2.24, 2.45) is 0 Å². The lowest BCUT2D eigenvalue weighted by Gasteiger charge is -2.17. The van der Waals surface area contributed by atoms with E-state index in [2.05, 4.69) is 5.32 Å². The van der Waals surface area contributed by atoms with Crippen molar-refractivity contribution < 1.29 is 9.72 Å². The highest BCUT2D eigenvalue weighted by Gasteiger charge is 2.18. The maximum absolute atomic E-state index is 12.2. The maximum Gasteiger partial charge on any atom is 0.293 e. The van der Waals surface area contributed by atoms with Gasteiger partial charge >= 0.3 is 0 Å². The van der Waals surface area contributed by atoms with Crippen LogP contribution in [0.1, 0.15) is 11.1 Å². The normalized spacial score (nSPS) is 10.8. The zero-order chi connectivity index (χ0) is 18.6. The Morgan fingerprint density at radius 2 is 1.96 bits per heavy atom.